The third-order valence-electron chi connectivity index (χ3n) is 3.31. The molecule has 0 saturated heterocycles. The minimum absolute atomic E-state index is 0.431. The van der Waals surface area contributed by atoms with Crippen LogP contribution in [0.3, 0.4) is 0 Å². The minimum Gasteiger partial charge on any atom is -0.452 e. The third-order valence-corrected chi connectivity index (χ3v) is 4.40. The van der Waals surface area contributed by atoms with Crippen molar-refractivity contribution >= 4 is 29.3 Å². The highest BCUT2D eigenvalue weighted by atomic mass is 32.2. The summed E-state index contributed by atoms with van der Waals surface area (Å²) < 4.78 is 5.24. The average molecular weight is 354 g/mol. The zero-order valence-corrected chi connectivity index (χ0v) is 14.7. The molecule has 0 aliphatic carbocycles. The number of benzene rings is 2. The lowest BCUT2D eigenvalue weighted by Crippen LogP contribution is -2.32. The van der Waals surface area contributed by atoms with Crippen molar-refractivity contribution in [1.82, 2.24) is 0 Å². The molecule has 1 N–H and O–H groups in total. The lowest BCUT2D eigenvalue weighted by Gasteiger charge is -2.16. The number of nitrogens with zero attached hydrogens (tertiary/aromatic N) is 1. The van der Waals surface area contributed by atoms with E-state index in [2.05, 4.69) is 5.32 Å². The molecular formula is C19H18N2O3S. The van der Waals surface area contributed by atoms with Crippen molar-refractivity contribution < 1.29 is 14.3 Å². The van der Waals surface area contributed by atoms with E-state index in [-0.39, 0.29) is 0 Å². The van der Waals surface area contributed by atoms with Crippen molar-refractivity contribution in [2.75, 3.05) is 5.32 Å². The number of ether oxygens (including phenoxy) is 1. The molecule has 2 rings (SSSR count). The van der Waals surface area contributed by atoms with Crippen LogP contribution in [0.1, 0.15) is 19.4 Å². The van der Waals surface area contributed by atoms with E-state index in [0.29, 0.717) is 11.3 Å². The SMILES string of the molecule is C[C@H](Sc1ccccc1)C(=O)O[C@H](C)C(=O)Nc1cccc(C#N)c1. The van der Waals surface area contributed by atoms with Gasteiger partial charge in [0, 0.05) is 10.6 Å². The predicted octanol–water partition coefficient (Wildman–Crippen LogP) is 3.61. The second-order valence-electron chi connectivity index (χ2n) is 5.33. The highest BCUT2D eigenvalue weighted by Crippen LogP contribution is 2.23. The van der Waals surface area contributed by atoms with Crippen LogP contribution in [-0.2, 0) is 14.3 Å². The molecule has 2 aromatic carbocycles. The normalized spacial score (nSPS) is 12.5. The predicted molar refractivity (Wildman–Crippen MR) is 97.1 cm³/mol. The second kappa shape index (κ2) is 8.90. The molecule has 2 atom stereocenters. The van der Waals surface area contributed by atoms with Crippen LogP contribution in [0.4, 0.5) is 5.69 Å². The number of amides is 1. The molecule has 25 heavy (non-hydrogen) atoms. The highest BCUT2D eigenvalue weighted by molar-refractivity contribution is 8.00. The summed E-state index contributed by atoms with van der Waals surface area (Å²) in [5.74, 6) is -0.900. The summed E-state index contributed by atoms with van der Waals surface area (Å²) in [5, 5.41) is 11.1. The molecule has 0 fully saturated rings. The Kier molecular flexibility index (Phi) is 6.61. The molecule has 128 valence electrons. The number of rotatable bonds is 6. The van der Waals surface area contributed by atoms with E-state index in [1.165, 1.54) is 18.7 Å². The van der Waals surface area contributed by atoms with Crippen LogP contribution in [0.5, 0.6) is 0 Å². The summed E-state index contributed by atoms with van der Waals surface area (Å²) >= 11 is 1.37. The van der Waals surface area contributed by atoms with E-state index in [0.717, 1.165) is 4.90 Å². The van der Waals surface area contributed by atoms with Crippen LogP contribution >= 0.6 is 11.8 Å². The van der Waals surface area contributed by atoms with Gasteiger partial charge in [0.2, 0.25) is 0 Å². The fourth-order valence-corrected chi connectivity index (χ4v) is 2.86. The second-order valence-corrected chi connectivity index (χ2v) is 6.75. The lowest BCUT2D eigenvalue weighted by atomic mass is 10.2. The van der Waals surface area contributed by atoms with Gasteiger partial charge in [-0.25, -0.2) is 0 Å². The Morgan fingerprint density at radius 3 is 2.52 bits per heavy atom. The molecule has 0 bridgehead atoms. The monoisotopic (exact) mass is 354 g/mol. The lowest BCUT2D eigenvalue weighted by molar-refractivity contribution is -0.152. The molecule has 0 spiro atoms. The standard InChI is InChI=1S/C19H18N2O3S/c1-13(18(22)21-16-8-6-7-15(11-16)12-20)24-19(23)14(2)25-17-9-4-3-5-10-17/h3-11,13-14H,1-2H3,(H,21,22)/t13-,14+/m1/s1. The number of hydrogen-bond acceptors (Lipinski definition) is 5. The minimum atomic E-state index is -0.933. The van der Waals surface area contributed by atoms with Crippen molar-refractivity contribution in [3.63, 3.8) is 0 Å². The van der Waals surface area contributed by atoms with Crippen LogP contribution in [0.25, 0.3) is 0 Å². The first-order valence-electron chi connectivity index (χ1n) is 7.73. The molecule has 0 unspecified atom stereocenters. The van der Waals surface area contributed by atoms with Crippen LogP contribution < -0.4 is 5.32 Å². The van der Waals surface area contributed by atoms with Crippen molar-refractivity contribution in [2.45, 2.75) is 30.1 Å². The third kappa shape index (κ3) is 5.66. The number of nitriles is 1. The first-order valence-corrected chi connectivity index (χ1v) is 8.61. The zero-order valence-electron chi connectivity index (χ0n) is 13.9. The van der Waals surface area contributed by atoms with Crippen LogP contribution in [0.15, 0.2) is 59.5 Å². The van der Waals surface area contributed by atoms with Crippen LogP contribution in [-0.4, -0.2) is 23.2 Å². The molecule has 0 aliphatic heterocycles. The Bertz CT molecular complexity index is 787. The molecule has 0 aromatic heterocycles. The van der Waals surface area contributed by atoms with Gasteiger partial charge in [0.15, 0.2) is 6.10 Å². The molecule has 0 heterocycles. The van der Waals surface area contributed by atoms with Crippen LogP contribution in [0.2, 0.25) is 0 Å². The Balaban J connectivity index is 1.89. The van der Waals surface area contributed by atoms with E-state index in [9.17, 15) is 9.59 Å². The Morgan fingerprint density at radius 1 is 1.12 bits per heavy atom. The molecule has 0 saturated carbocycles. The van der Waals surface area contributed by atoms with E-state index < -0.39 is 23.2 Å². The Hall–Kier alpha value is -2.78. The zero-order chi connectivity index (χ0) is 18.2. The molecule has 2 aromatic rings. The van der Waals surface area contributed by atoms with E-state index >= 15 is 0 Å². The topological polar surface area (TPSA) is 79.2 Å². The molecule has 6 heteroatoms. The van der Waals surface area contributed by atoms with E-state index in [4.69, 9.17) is 10.00 Å². The van der Waals surface area contributed by atoms with Gasteiger partial charge >= 0.3 is 5.97 Å². The summed E-state index contributed by atoms with van der Waals surface area (Å²) in [7, 11) is 0. The first kappa shape index (κ1) is 18.6. The molecule has 5 nitrogen and oxygen atoms in total. The summed E-state index contributed by atoms with van der Waals surface area (Å²) in [6, 6.07) is 18.0. The molecule has 1 amide bonds. The number of hydrogen-bond donors (Lipinski definition) is 1. The number of thioether (sulfide) groups is 1. The van der Waals surface area contributed by atoms with Crippen molar-refractivity contribution in [3.8, 4) is 6.07 Å². The smallest absolute Gasteiger partial charge is 0.319 e. The summed E-state index contributed by atoms with van der Waals surface area (Å²) in [5.41, 5.74) is 0.925. The quantitative estimate of drug-likeness (QED) is 0.633. The average Bonchev–Trinajstić information content (AvgIpc) is 2.62. The van der Waals surface area contributed by atoms with Gasteiger partial charge in [0.05, 0.1) is 11.6 Å². The molecule has 0 radical (unpaired) electrons. The number of carbonyl (C=O) groups is 2. The van der Waals surface area contributed by atoms with Crippen LogP contribution in [0, 0.1) is 11.3 Å². The van der Waals surface area contributed by atoms with Gasteiger partial charge in [-0.1, -0.05) is 24.3 Å². The van der Waals surface area contributed by atoms with Crippen molar-refractivity contribution in [2.24, 2.45) is 0 Å². The first-order chi connectivity index (χ1) is 12.0. The number of esters is 1. The Labute approximate surface area is 151 Å². The maximum atomic E-state index is 12.2. The summed E-state index contributed by atoms with van der Waals surface area (Å²) in [6.45, 7) is 3.25. The van der Waals surface area contributed by atoms with Gasteiger partial charge in [-0.3, -0.25) is 9.59 Å². The molecule has 0 aliphatic rings. The van der Waals surface area contributed by atoms with Crippen molar-refractivity contribution in [1.29, 1.82) is 5.26 Å². The molecular weight excluding hydrogens is 336 g/mol. The van der Waals surface area contributed by atoms with Gasteiger partial charge in [-0.15, -0.1) is 11.8 Å². The van der Waals surface area contributed by atoms with E-state index in [1.807, 2.05) is 36.4 Å². The Morgan fingerprint density at radius 2 is 1.84 bits per heavy atom. The van der Waals surface area contributed by atoms with Gasteiger partial charge in [-0.2, -0.15) is 5.26 Å². The number of anilines is 1. The fraction of sp³-hybridized carbons (Fsp3) is 0.211. The number of carbonyl (C=O) groups excluding carboxylic acids is 2. The van der Waals surface area contributed by atoms with Crippen molar-refractivity contribution in [3.05, 3.63) is 60.2 Å². The largest absolute Gasteiger partial charge is 0.452 e. The summed E-state index contributed by atoms with van der Waals surface area (Å²) in [6.07, 6.45) is -0.933. The van der Waals surface area contributed by atoms with Gasteiger partial charge < -0.3 is 10.1 Å². The van der Waals surface area contributed by atoms with Gasteiger partial charge in [0.25, 0.3) is 5.91 Å². The maximum absolute atomic E-state index is 12.2. The maximum Gasteiger partial charge on any atom is 0.319 e. The fourth-order valence-electron chi connectivity index (χ4n) is 1.99. The summed E-state index contributed by atoms with van der Waals surface area (Å²) in [4.78, 5) is 25.3. The van der Waals surface area contributed by atoms with Gasteiger partial charge in [0.1, 0.15) is 5.25 Å². The van der Waals surface area contributed by atoms with Gasteiger partial charge in [-0.05, 0) is 44.2 Å². The highest BCUT2D eigenvalue weighted by Gasteiger charge is 2.22. The van der Waals surface area contributed by atoms with E-state index in [1.54, 1.807) is 31.2 Å². The number of nitrogens with one attached hydrogen (secondary N) is 1.